The molecule has 0 unspecified atom stereocenters. The van der Waals surface area contributed by atoms with Crippen molar-refractivity contribution in [3.63, 3.8) is 0 Å². The van der Waals surface area contributed by atoms with Crippen molar-refractivity contribution >= 4 is 27.4 Å². The molecule has 0 spiro atoms. The Kier molecular flexibility index (Phi) is 7.75. The second-order valence-electron chi connectivity index (χ2n) is 12.5. The maximum Gasteiger partial charge on any atom is 0.306 e. The van der Waals surface area contributed by atoms with Gasteiger partial charge in [0.1, 0.15) is 18.2 Å². The molecule has 2 heterocycles. The highest BCUT2D eigenvalue weighted by Gasteiger charge is 2.38. The van der Waals surface area contributed by atoms with Crippen LogP contribution in [0.2, 0.25) is 0 Å². The Balaban J connectivity index is 1.97. The van der Waals surface area contributed by atoms with Crippen LogP contribution in [0.5, 0.6) is 5.75 Å². The number of rotatable bonds is 6. The van der Waals surface area contributed by atoms with Gasteiger partial charge in [-0.3, -0.25) is 9.10 Å². The van der Waals surface area contributed by atoms with E-state index in [-0.39, 0.29) is 13.0 Å². The molecule has 0 aromatic heterocycles. The van der Waals surface area contributed by atoms with Gasteiger partial charge in [0.2, 0.25) is 10.0 Å². The Morgan fingerprint density at radius 2 is 1.74 bits per heavy atom. The molecule has 0 saturated carbocycles. The molecule has 3 aromatic carbocycles. The number of nitrogens with one attached hydrogen (secondary N) is 1. The van der Waals surface area contributed by atoms with Gasteiger partial charge in [0.25, 0.3) is 0 Å². The van der Waals surface area contributed by atoms with Gasteiger partial charge >= 0.3 is 5.97 Å². The highest BCUT2D eigenvalue weighted by molar-refractivity contribution is 7.92. The third kappa shape index (κ3) is 5.47. The number of aliphatic carboxylic acids is 1. The van der Waals surface area contributed by atoms with Crippen molar-refractivity contribution < 1.29 is 32.2 Å². The zero-order chi connectivity index (χ0) is 31.6. The molecule has 3 aromatic rings. The Morgan fingerprint density at radius 1 is 1.07 bits per heavy atom. The second-order valence-corrected chi connectivity index (χ2v) is 14.4. The molecular formula is C33H39FN2O6S. The van der Waals surface area contributed by atoms with Gasteiger partial charge in [0.05, 0.1) is 42.3 Å². The van der Waals surface area contributed by atoms with Gasteiger partial charge in [0, 0.05) is 17.7 Å². The summed E-state index contributed by atoms with van der Waals surface area (Å²) in [5, 5.41) is 13.5. The van der Waals surface area contributed by atoms with Crippen molar-refractivity contribution in [1.82, 2.24) is 0 Å². The number of ether oxygens (including phenoxy) is 2. The lowest BCUT2D eigenvalue weighted by Gasteiger charge is -2.38. The highest BCUT2D eigenvalue weighted by Crippen LogP contribution is 2.53. The molecule has 0 amide bonds. The molecule has 0 bridgehead atoms. The molecule has 0 aliphatic carbocycles. The third-order valence-corrected chi connectivity index (χ3v) is 9.32. The summed E-state index contributed by atoms with van der Waals surface area (Å²) in [6.45, 7) is 13.9. The normalized spacial score (nSPS) is 15.1. The van der Waals surface area contributed by atoms with Crippen molar-refractivity contribution in [3.05, 3.63) is 63.5 Å². The number of hydrogen-bond acceptors (Lipinski definition) is 6. The van der Waals surface area contributed by atoms with E-state index in [0.29, 0.717) is 57.8 Å². The van der Waals surface area contributed by atoms with E-state index < -0.39 is 33.5 Å². The summed E-state index contributed by atoms with van der Waals surface area (Å²) in [7, 11) is -3.87. The molecular weight excluding hydrogens is 571 g/mol. The minimum atomic E-state index is -3.87. The van der Waals surface area contributed by atoms with E-state index in [9.17, 15) is 18.3 Å². The van der Waals surface area contributed by atoms with Crippen molar-refractivity contribution in [1.29, 1.82) is 0 Å². The van der Waals surface area contributed by atoms with Crippen molar-refractivity contribution in [2.24, 2.45) is 0 Å². The predicted molar refractivity (Wildman–Crippen MR) is 167 cm³/mol. The van der Waals surface area contributed by atoms with Crippen LogP contribution in [0.4, 0.5) is 15.8 Å². The molecule has 5 rings (SSSR count). The van der Waals surface area contributed by atoms with Crippen LogP contribution in [0.1, 0.15) is 66.7 Å². The van der Waals surface area contributed by atoms with Crippen LogP contribution in [-0.4, -0.2) is 44.5 Å². The first-order valence-corrected chi connectivity index (χ1v) is 16.2. The smallest absolute Gasteiger partial charge is 0.306 e. The minimum Gasteiger partial charge on any atom is -0.490 e. The van der Waals surface area contributed by atoms with E-state index in [4.69, 9.17) is 9.47 Å². The number of aryl methyl sites for hydroxylation is 1. The summed E-state index contributed by atoms with van der Waals surface area (Å²) in [5.41, 5.74) is 6.86. The number of hydrogen-bond donors (Lipinski definition) is 2. The Bertz CT molecular complexity index is 1760. The molecule has 43 heavy (non-hydrogen) atoms. The lowest BCUT2D eigenvalue weighted by atomic mass is 9.78. The van der Waals surface area contributed by atoms with E-state index >= 15 is 4.39 Å². The number of fused-ring (bicyclic) bond motifs is 4. The fourth-order valence-corrected chi connectivity index (χ4v) is 7.38. The number of sulfonamides is 1. The number of carboxylic acids is 1. The Morgan fingerprint density at radius 3 is 2.37 bits per heavy atom. The van der Waals surface area contributed by atoms with Crippen LogP contribution >= 0.6 is 0 Å². The summed E-state index contributed by atoms with van der Waals surface area (Å²) in [5.74, 6) is -0.763. The second kappa shape index (κ2) is 10.8. The standard InChI is InChI=1S/C33H39FN2O6S/c1-17-9-10-22-23(30(17)34)16-36(43(8,39)40)32-20(4)29(25(15-26(37)38)42-33(5,6)7)27(19(3)28(22)32)21-11-12-24-31(18(21)2)35-13-14-41-24/h9-12,25,35H,13-16H2,1-8H3,(H,37,38)/t25-/m1/s1. The molecule has 230 valence electrons. The topological polar surface area (TPSA) is 105 Å². The first-order chi connectivity index (χ1) is 20.0. The summed E-state index contributed by atoms with van der Waals surface area (Å²) >= 11 is 0. The van der Waals surface area contributed by atoms with E-state index in [1.165, 1.54) is 4.31 Å². The SMILES string of the molecule is Cc1ccc2c(c1F)CN(S(C)(=O)=O)c1c(C)c([C@@H](CC(=O)O)OC(C)(C)C)c(-c3ccc4c(c3C)NCCO4)c(C)c1-2. The number of halogens is 1. The van der Waals surface area contributed by atoms with E-state index in [0.717, 1.165) is 34.4 Å². The average molecular weight is 611 g/mol. The number of carboxylic acid groups (broad SMARTS) is 1. The number of anilines is 2. The zero-order valence-corrected chi connectivity index (χ0v) is 26.8. The molecule has 2 aliphatic rings. The van der Waals surface area contributed by atoms with E-state index in [1.54, 1.807) is 19.9 Å². The van der Waals surface area contributed by atoms with Crippen LogP contribution in [-0.2, 0) is 26.1 Å². The molecule has 2 aliphatic heterocycles. The van der Waals surface area contributed by atoms with E-state index in [2.05, 4.69) is 5.32 Å². The van der Waals surface area contributed by atoms with Crippen molar-refractivity contribution in [2.45, 2.75) is 73.1 Å². The van der Waals surface area contributed by atoms with Gasteiger partial charge in [-0.2, -0.15) is 0 Å². The summed E-state index contributed by atoms with van der Waals surface area (Å²) in [6, 6.07) is 7.38. The Hall–Kier alpha value is -3.63. The van der Waals surface area contributed by atoms with Gasteiger partial charge < -0.3 is 19.9 Å². The first kappa shape index (κ1) is 30.8. The maximum atomic E-state index is 15.7. The van der Waals surface area contributed by atoms with Gasteiger partial charge in [-0.15, -0.1) is 0 Å². The molecule has 0 saturated heterocycles. The molecule has 0 fully saturated rings. The van der Waals surface area contributed by atoms with Crippen molar-refractivity contribution in [3.8, 4) is 28.0 Å². The summed E-state index contributed by atoms with van der Waals surface area (Å²) < 4.78 is 55.9. The van der Waals surface area contributed by atoms with Crippen LogP contribution in [0.15, 0.2) is 24.3 Å². The van der Waals surface area contributed by atoms with Gasteiger partial charge in [-0.1, -0.05) is 18.2 Å². The zero-order valence-electron chi connectivity index (χ0n) is 25.9. The highest BCUT2D eigenvalue weighted by atomic mass is 32.2. The Labute approximate surface area is 252 Å². The first-order valence-electron chi connectivity index (χ1n) is 14.3. The van der Waals surface area contributed by atoms with Crippen LogP contribution in [0.25, 0.3) is 22.3 Å². The number of carbonyl (C=O) groups is 1. The number of benzene rings is 3. The third-order valence-electron chi connectivity index (χ3n) is 8.21. The lowest BCUT2D eigenvalue weighted by Crippen LogP contribution is -2.35. The van der Waals surface area contributed by atoms with Gasteiger partial charge in [0.15, 0.2) is 0 Å². The molecule has 2 N–H and O–H groups in total. The minimum absolute atomic E-state index is 0.170. The fourth-order valence-electron chi connectivity index (χ4n) is 6.45. The van der Waals surface area contributed by atoms with Gasteiger partial charge in [-0.25, -0.2) is 12.8 Å². The lowest BCUT2D eigenvalue weighted by molar-refractivity contribution is -0.143. The number of nitrogens with zero attached hydrogens (tertiary/aromatic N) is 1. The van der Waals surface area contributed by atoms with Crippen molar-refractivity contribution in [2.75, 3.05) is 29.0 Å². The average Bonchev–Trinajstić information content (AvgIpc) is 2.90. The summed E-state index contributed by atoms with van der Waals surface area (Å²) in [4.78, 5) is 12.3. The van der Waals surface area contributed by atoms with E-state index in [1.807, 2.05) is 52.8 Å². The predicted octanol–water partition coefficient (Wildman–Crippen LogP) is 6.81. The largest absolute Gasteiger partial charge is 0.490 e. The monoisotopic (exact) mass is 610 g/mol. The fraction of sp³-hybridized carbons (Fsp3) is 0.424. The quantitative estimate of drug-likeness (QED) is 0.316. The van der Waals surface area contributed by atoms with Crippen LogP contribution < -0.4 is 14.4 Å². The molecule has 8 nitrogen and oxygen atoms in total. The summed E-state index contributed by atoms with van der Waals surface area (Å²) in [6.07, 6.45) is -0.135. The van der Waals surface area contributed by atoms with Crippen LogP contribution in [0, 0.1) is 33.5 Å². The molecule has 0 radical (unpaired) electrons. The maximum absolute atomic E-state index is 15.7. The van der Waals surface area contributed by atoms with Gasteiger partial charge in [-0.05, 0) is 99.0 Å². The molecule has 1 atom stereocenters. The van der Waals surface area contributed by atoms with Crippen LogP contribution in [0.3, 0.4) is 0 Å². The molecule has 10 heteroatoms.